The van der Waals surface area contributed by atoms with Crippen molar-refractivity contribution < 1.29 is 14.9 Å². The van der Waals surface area contributed by atoms with Crippen molar-refractivity contribution in [3.63, 3.8) is 0 Å². The zero-order valence-corrected chi connectivity index (χ0v) is 10.7. The number of aliphatic hydroxyl groups is 2. The Balaban J connectivity index is 2.38. The van der Waals surface area contributed by atoms with Crippen LogP contribution < -0.4 is 10.5 Å². The molecule has 0 radical (unpaired) electrons. The van der Waals surface area contributed by atoms with E-state index in [1.807, 2.05) is 24.3 Å². The minimum Gasteiger partial charge on any atom is -0.497 e. The predicted molar refractivity (Wildman–Crippen MR) is 70.3 cm³/mol. The van der Waals surface area contributed by atoms with Crippen LogP contribution in [0, 0.1) is 0 Å². The van der Waals surface area contributed by atoms with Gasteiger partial charge >= 0.3 is 0 Å². The first-order valence-corrected chi connectivity index (χ1v) is 6.59. The highest BCUT2D eigenvalue weighted by Crippen LogP contribution is 2.19. The predicted octanol–water partition coefficient (Wildman–Crippen LogP) is 0.781. The molecule has 0 spiro atoms. The molecule has 0 saturated carbocycles. The summed E-state index contributed by atoms with van der Waals surface area (Å²) >= 11 is 1.53. The van der Waals surface area contributed by atoms with Gasteiger partial charge in [-0.05, 0) is 17.7 Å². The van der Waals surface area contributed by atoms with E-state index in [4.69, 9.17) is 15.6 Å². The highest BCUT2D eigenvalue weighted by atomic mass is 32.2. The Labute approximate surface area is 106 Å². The third-order valence-electron chi connectivity index (χ3n) is 2.36. The number of thioether (sulfide) groups is 1. The lowest BCUT2D eigenvalue weighted by Gasteiger charge is -2.13. The Kier molecular flexibility index (Phi) is 6.36. The number of rotatable bonds is 7. The number of hydrogen-bond acceptors (Lipinski definition) is 5. The molecule has 4 nitrogen and oxygen atoms in total. The van der Waals surface area contributed by atoms with Gasteiger partial charge in [0.25, 0.3) is 0 Å². The molecule has 0 heterocycles. The molecule has 0 fully saturated rings. The Morgan fingerprint density at radius 1 is 1.29 bits per heavy atom. The van der Waals surface area contributed by atoms with E-state index in [9.17, 15) is 5.11 Å². The first-order chi connectivity index (χ1) is 8.17. The van der Waals surface area contributed by atoms with E-state index in [1.54, 1.807) is 7.11 Å². The van der Waals surface area contributed by atoms with E-state index in [0.717, 1.165) is 11.3 Å². The second kappa shape index (κ2) is 7.55. The minimum absolute atomic E-state index is 0.0724. The minimum atomic E-state index is -0.664. The van der Waals surface area contributed by atoms with Crippen molar-refractivity contribution >= 4 is 11.8 Å². The van der Waals surface area contributed by atoms with E-state index in [2.05, 4.69) is 0 Å². The number of methoxy groups -OCH3 is 1. The van der Waals surface area contributed by atoms with Gasteiger partial charge in [0.15, 0.2) is 0 Å². The molecule has 17 heavy (non-hydrogen) atoms. The third kappa shape index (κ3) is 4.95. The molecule has 0 bridgehead atoms. The van der Waals surface area contributed by atoms with Crippen LogP contribution in [-0.2, 0) is 0 Å². The summed E-state index contributed by atoms with van der Waals surface area (Å²) in [5, 5.41) is 17.8. The van der Waals surface area contributed by atoms with E-state index in [1.165, 1.54) is 11.8 Å². The molecule has 0 aliphatic heterocycles. The number of aliphatic hydroxyl groups excluding tert-OH is 2. The second-order valence-corrected chi connectivity index (χ2v) is 4.83. The Morgan fingerprint density at radius 2 is 1.94 bits per heavy atom. The smallest absolute Gasteiger partial charge is 0.118 e. The molecule has 0 aliphatic carbocycles. The first-order valence-electron chi connectivity index (χ1n) is 5.43. The highest BCUT2D eigenvalue weighted by molar-refractivity contribution is 7.99. The van der Waals surface area contributed by atoms with Crippen molar-refractivity contribution in [1.29, 1.82) is 0 Å². The van der Waals surface area contributed by atoms with Crippen LogP contribution in [0.15, 0.2) is 24.3 Å². The topological polar surface area (TPSA) is 75.7 Å². The lowest BCUT2D eigenvalue weighted by Crippen LogP contribution is -2.18. The van der Waals surface area contributed by atoms with Gasteiger partial charge in [-0.3, -0.25) is 0 Å². The summed E-state index contributed by atoms with van der Waals surface area (Å²) in [5.74, 6) is 2.02. The molecule has 2 unspecified atom stereocenters. The number of benzene rings is 1. The van der Waals surface area contributed by atoms with Gasteiger partial charge < -0.3 is 20.7 Å². The lowest BCUT2D eigenvalue weighted by atomic mass is 10.1. The second-order valence-electron chi connectivity index (χ2n) is 3.75. The van der Waals surface area contributed by atoms with Crippen LogP contribution in [0.25, 0.3) is 0 Å². The van der Waals surface area contributed by atoms with Gasteiger partial charge in [0.1, 0.15) is 5.75 Å². The zero-order chi connectivity index (χ0) is 12.7. The van der Waals surface area contributed by atoms with Crippen LogP contribution in [-0.4, -0.2) is 41.5 Å². The molecular weight excluding hydrogens is 238 g/mol. The molecule has 1 aromatic carbocycles. The maximum Gasteiger partial charge on any atom is 0.118 e. The van der Waals surface area contributed by atoms with Crippen molar-refractivity contribution in [3.05, 3.63) is 29.8 Å². The van der Waals surface area contributed by atoms with Crippen molar-refractivity contribution in [3.8, 4) is 5.75 Å². The fraction of sp³-hybridized carbons (Fsp3) is 0.500. The average molecular weight is 257 g/mol. The standard InChI is InChI=1S/C12H19NO3S/c1-16-11-4-2-9(3-5-11)12(13)8-17-7-10(15)6-14/h2-5,10,12,14-15H,6-8,13H2,1H3. The molecule has 0 saturated heterocycles. The van der Waals surface area contributed by atoms with Gasteiger partial charge in [0.2, 0.25) is 0 Å². The summed E-state index contributed by atoms with van der Waals surface area (Å²) in [7, 11) is 1.63. The molecule has 0 aliphatic rings. The molecule has 2 atom stereocenters. The molecule has 0 aromatic heterocycles. The maximum absolute atomic E-state index is 9.18. The molecule has 4 N–H and O–H groups in total. The number of hydrogen-bond donors (Lipinski definition) is 3. The number of ether oxygens (including phenoxy) is 1. The fourth-order valence-electron chi connectivity index (χ4n) is 1.33. The van der Waals surface area contributed by atoms with Crippen molar-refractivity contribution in [2.45, 2.75) is 12.1 Å². The van der Waals surface area contributed by atoms with E-state index < -0.39 is 6.10 Å². The third-order valence-corrected chi connectivity index (χ3v) is 3.58. The molecule has 0 amide bonds. The van der Waals surface area contributed by atoms with Gasteiger partial charge in [0, 0.05) is 17.5 Å². The maximum atomic E-state index is 9.18. The summed E-state index contributed by atoms with van der Waals surface area (Å²) < 4.78 is 5.07. The molecular formula is C12H19NO3S. The average Bonchev–Trinajstić information content (AvgIpc) is 2.38. The largest absolute Gasteiger partial charge is 0.497 e. The van der Waals surface area contributed by atoms with E-state index in [-0.39, 0.29) is 12.6 Å². The normalized spacial score (nSPS) is 14.4. The monoisotopic (exact) mass is 257 g/mol. The summed E-state index contributed by atoms with van der Waals surface area (Å²) in [6.45, 7) is -0.204. The first kappa shape index (κ1) is 14.3. The SMILES string of the molecule is COc1ccc(C(N)CSCC(O)CO)cc1. The van der Waals surface area contributed by atoms with Crippen LogP contribution in [0.4, 0.5) is 0 Å². The molecule has 1 aromatic rings. The highest BCUT2D eigenvalue weighted by Gasteiger charge is 2.08. The van der Waals surface area contributed by atoms with Crippen molar-refractivity contribution in [1.82, 2.24) is 0 Å². The Morgan fingerprint density at radius 3 is 2.47 bits per heavy atom. The molecule has 5 heteroatoms. The van der Waals surface area contributed by atoms with Gasteiger partial charge in [-0.25, -0.2) is 0 Å². The summed E-state index contributed by atoms with van der Waals surface area (Å²) in [4.78, 5) is 0. The Hall–Kier alpha value is -0.750. The summed E-state index contributed by atoms with van der Waals surface area (Å²) in [6, 6.07) is 7.56. The van der Waals surface area contributed by atoms with E-state index in [0.29, 0.717) is 11.5 Å². The van der Waals surface area contributed by atoms with E-state index >= 15 is 0 Å². The summed E-state index contributed by atoms with van der Waals surface area (Å²) in [5.41, 5.74) is 7.05. The van der Waals surface area contributed by atoms with Gasteiger partial charge in [0.05, 0.1) is 19.8 Å². The molecule has 96 valence electrons. The van der Waals surface area contributed by atoms with Crippen LogP contribution in [0.1, 0.15) is 11.6 Å². The van der Waals surface area contributed by atoms with Gasteiger partial charge in [-0.2, -0.15) is 11.8 Å². The van der Waals surface area contributed by atoms with Crippen molar-refractivity contribution in [2.24, 2.45) is 5.73 Å². The fourth-order valence-corrected chi connectivity index (χ4v) is 2.29. The Bertz CT molecular complexity index is 318. The lowest BCUT2D eigenvalue weighted by molar-refractivity contribution is 0.113. The van der Waals surface area contributed by atoms with Gasteiger partial charge in [-0.15, -0.1) is 0 Å². The van der Waals surface area contributed by atoms with Crippen LogP contribution in [0.2, 0.25) is 0 Å². The van der Waals surface area contributed by atoms with Crippen LogP contribution in [0.5, 0.6) is 5.75 Å². The van der Waals surface area contributed by atoms with Crippen molar-refractivity contribution in [2.75, 3.05) is 25.2 Å². The zero-order valence-electron chi connectivity index (χ0n) is 9.87. The quantitative estimate of drug-likeness (QED) is 0.673. The van der Waals surface area contributed by atoms with Crippen LogP contribution in [0.3, 0.4) is 0 Å². The van der Waals surface area contributed by atoms with Crippen LogP contribution >= 0.6 is 11.8 Å². The number of nitrogens with two attached hydrogens (primary N) is 1. The molecule has 1 rings (SSSR count). The van der Waals surface area contributed by atoms with Gasteiger partial charge in [-0.1, -0.05) is 12.1 Å². The summed E-state index contributed by atoms with van der Waals surface area (Å²) in [6.07, 6.45) is -0.664.